The molecule has 2 aromatic rings. The Morgan fingerprint density at radius 1 is 1.16 bits per heavy atom. The summed E-state index contributed by atoms with van der Waals surface area (Å²) < 4.78 is 24.1. The number of amides is 1. The van der Waals surface area contributed by atoms with Gasteiger partial charge in [-0.15, -0.1) is 0 Å². The largest absolute Gasteiger partial charge is 0.348 e. The van der Waals surface area contributed by atoms with E-state index in [0.717, 1.165) is 11.1 Å². The third-order valence-corrected chi connectivity index (χ3v) is 5.25. The van der Waals surface area contributed by atoms with Crippen LogP contribution in [0.2, 0.25) is 0 Å². The lowest BCUT2D eigenvalue weighted by atomic mass is 9.93. The number of nitrogens with zero attached hydrogens (tertiary/aromatic N) is 3. The highest BCUT2D eigenvalue weighted by atomic mass is 16.7. The molecular weight excluding hydrogens is 400 g/mol. The summed E-state index contributed by atoms with van der Waals surface area (Å²) in [6.07, 6.45) is -2.58. The van der Waals surface area contributed by atoms with Gasteiger partial charge in [0.2, 0.25) is 5.91 Å². The summed E-state index contributed by atoms with van der Waals surface area (Å²) in [5.74, 6) is -0.287. The lowest BCUT2D eigenvalue weighted by Gasteiger charge is -2.48. The standard InChI is InChI=1S/C22H24N4O5/c1-14(27)24-19-18(25-26-23)20-17(13-29-21(31-20)16-10-6-3-7-11-16)30-22(19)28-12-15-8-4-2-5-9-15/h2-11,17-22H,12-13H2,1H3,(H,24,27)/t17-,18-,19+,20+,21+,22-/m1/s1. The van der Waals surface area contributed by atoms with Gasteiger partial charge in [-0.1, -0.05) is 65.8 Å². The monoisotopic (exact) mass is 424 g/mol. The number of hydrogen-bond donors (Lipinski definition) is 1. The molecule has 6 atom stereocenters. The molecule has 4 rings (SSSR count). The van der Waals surface area contributed by atoms with Crippen LogP contribution in [0.25, 0.3) is 10.4 Å². The molecule has 1 N–H and O–H groups in total. The molecular formula is C22H24N4O5. The van der Waals surface area contributed by atoms with Crippen LogP contribution in [0.1, 0.15) is 24.3 Å². The van der Waals surface area contributed by atoms with E-state index in [-0.39, 0.29) is 19.1 Å². The fourth-order valence-corrected chi connectivity index (χ4v) is 3.85. The molecule has 2 aliphatic heterocycles. The normalized spacial score (nSPS) is 30.0. The molecule has 0 bridgehead atoms. The van der Waals surface area contributed by atoms with Gasteiger partial charge in [0.1, 0.15) is 12.2 Å². The number of nitrogens with one attached hydrogen (secondary N) is 1. The maximum Gasteiger partial charge on any atom is 0.217 e. The van der Waals surface area contributed by atoms with Crippen molar-refractivity contribution in [3.05, 3.63) is 82.2 Å². The van der Waals surface area contributed by atoms with Gasteiger partial charge >= 0.3 is 0 Å². The third-order valence-electron chi connectivity index (χ3n) is 5.25. The molecule has 9 heteroatoms. The van der Waals surface area contributed by atoms with Crippen molar-refractivity contribution in [2.75, 3.05) is 6.61 Å². The Bertz CT molecular complexity index is 922. The molecule has 9 nitrogen and oxygen atoms in total. The summed E-state index contributed by atoms with van der Waals surface area (Å²) in [5.41, 5.74) is 11.0. The van der Waals surface area contributed by atoms with Gasteiger partial charge in [0.15, 0.2) is 12.6 Å². The molecule has 31 heavy (non-hydrogen) atoms. The van der Waals surface area contributed by atoms with Crippen molar-refractivity contribution in [2.24, 2.45) is 5.11 Å². The fraction of sp³-hybridized carbons (Fsp3) is 0.409. The average Bonchev–Trinajstić information content (AvgIpc) is 2.80. The Morgan fingerprint density at radius 3 is 2.55 bits per heavy atom. The molecule has 2 fully saturated rings. The van der Waals surface area contributed by atoms with Crippen molar-refractivity contribution in [1.82, 2.24) is 5.32 Å². The van der Waals surface area contributed by atoms with Crippen molar-refractivity contribution in [3.8, 4) is 0 Å². The average molecular weight is 424 g/mol. The first kappa shape index (κ1) is 21.3. The van der Waals surface area contributed by atoms with Crippen LogP contribution in [0, 0.1) is 0 Å². The van der Waals surface area contributed by atoms with Gasteiger partial charge in [0.05, 0.1) is 25.3 Å². The van der Waals surface area contributed by atoms with Crippen LogP contribution in [-0.4, -0.2) is 43.1 Å². The van der Waals surface area contributed by atoms with Crippen molar-refractivity contribution in [1.29, 1.82) is 0 Å². The molecule has 0 saturated carbocycles. The smallest absolute Gasteiger partial charge is 0.217 e. The number of benzene rings is 2. The predicted molar refractivity (Wildman–Crippen MR) is 110 cm³/mol. The van der Waals surface area contributed by atoms with Crippen LogP contribution < -0.4 is 5.32 Å². The zero-order valence-electron chi connectivity index (χ0n) is 17.0. The molecule has 2 heterocycles. The van der Waals surface area contributed by atoms with E-state index in [9.17, 15) is 10.3 Å². The summed E-state index contributed by atoms with van der Waals surface area (Å²) >= 11 is 0. The SMILES string of the molecule is CC(=O)N[C@@H]1[C@H](OCc2ccccc2)O[C@@H]2CO[C@H](c3ccccc3)O[C@@H]2[C@@H]1N=[N+]=[N-]. The summed E-state index contributed by atoms with van der Waals surface area (Å²) in [5, 5.41) is 6.78. The molecule has 0 aromatic heterocycles. The van der Waals surface area contributed by atoms with Gasteiger partial charge in [-0.2, -0.15) is 0 Å². The second kappa shape index (κ2) is 9.91. The van der Waals surface area contributed by atoms with Crippen LogP contribution in [0.3, 0.4) is 0 Å². The first-order chi connectivity index (χ1) is 15.2. The highest BCUT2D eigenvalue weighted by molar-refractivity contribution is 5.73. The minimum Gasteiger partial charge on any atom is -0.348 e. The van der Waals surface area contributed by atoms with Gasteiger partial charge in [-0.05, 0) is 11.1 Å². The van der Waals surface area contributed by atoms with Crippen molar-refractivity contribution < 1.29 is 23.7 Å². The van der Waals surface area contributed by atoms with Crippen LogP contribution in [0.4, 0.5) is 0 Å². The summed E-state index contributed by atoms with van der Waals surface area (Å²) in [4.78, 5) is 14.9. The zero-order valence-corrected chi connectivity index (χ0v) is 17.0. The maximum atomic E-state index is 11.9. The highest BCUT2D eigenvalue weighted by Gasteiger charge is 2.50. The van der Waals surface area contributed by atoms with E-state index in [1.54, 1.807) is 0 Å². The zero-order chi connectivity index (χ0) is 21.6. The van der Waals surface area contributed by atoms with Gasteiger partial charge in [0.25, 0.3) is 0 Å². The Labute approximate surface area is 179 Å². The summed E-state index contributed by atoms with van der Waals surface area (Å²) in [6, 6.07) is 17.6. The van der Waals surface area contributed by atoms with Crippen molar-refractivity contribution in [3.63, 3.8) is 0 Å². The Morgan fingerprint density at radius 2 is 1.87 bits per heavy atom. The summed E-state index contributed by atoms with van der Waals surface area (Å²) in [7, 11) is 0. The minimum absolute atomic E-state index is 0.236. The third kappa shape index (κ3) is 5.04. The number of rotatable bonds is 6. The van der Waals surface area contributed by atoms with E-state index >= 15 is 0 Å². The molecule has 0 aliphatic carbocycles. The lowest BCUT2D eigenvalue weighted by Crippen LogP contribution is -2.65. The lowest BCUT2D eigenvalue weighted by molar-refractivity contribution is -0.327. The number of azide groups is 1. The second-order valence-electron chi connectivity index (χ2n) is 7.44. The molecule has 2 aliphatic rings. The van der Waals surface area contributed by atoms with E-state index in [0.29, 0.717) is 0 Å². The Balaban J connectivity index is 1.56. The minimum atomic E-state index is -0.832. The Kier molecular flexibility index (Phi) is 6.81. The number of carbonyl (C=O) groups excluding carboxylic acids is 1. The first-order valence-corrected chi connectivity index (χ1v) is 10.1. The van der Waals surface area contributed by atoms with Crippen molar-refractivity contribution in [2.45, 2.75) is 50.4 Å². The van der Waals surface area contributed by atoms with E-state index in [1.165, 1.54) is 6.92 Å². The molecule has 2 aromatic carbocycles. The molecule has 162 valence electrons. The van der Waals surface area contributed by atoms with E-state index < -0.39 is 36.9 Å². The van der Waals surface area contributed by atoms with Gasteiger partial charge in [-0.3, -0.25) is 4.79 Å². The molecule has 0 radical (unpaired) electrons. The highest BCUT2D eigenvalue weighted by Crippen LogP contribution is 2.36. The second-order valence-corrected chi connectivity index (χ2v) is 7.44. The first-order valence-electron chi connectivity index (χ1n) is 10.1. The number of ether oxygens (including phenoxy) is 4. The molecule has 2 saturated heterocycles. The van der Waals surface area contributed by atoms with E-state index in [1.807, 2.05) is 60.7 Å². The van der Waals surface area contributed by atoms with Gasteiger partial charge < -0.3 is 24.3 Å². The number of hydrogen-bond acceptors (Lipinski definition) is 6. The predicted octanol–water partition coefficient (Wildman–Crippen LogP) is 3.23. The van der Waals surface area contributed by atoms with Gasteiger partial charge in [-0.25, -0.2) is 0 Å². The fourth-order valence-electron chi connectivity index (χ4n) is 3.85. The summed E-state index contributed by atoms with van der Waals surface area (Å²) in [6.45, 7) is 1.90. The number of carbonyl (C=O) groups is 1. The number of fused-ring (bicyclic) bond motifs is 1. The topological polar surface area (TPSA) is 115 Å². The quantitative estimate of drug-likeness (QED) is 0.434. The van der Waals surface area contributed by atoms with Crippen molar-refractivity contribution >= 4 is 5.91 Å². The molecule has 0 spiro atoms. The van der Waals surface area contributed by atoms with Crippen LogP contribution in [0.15, 0.2) is 65.8 Å². The van der Waals surface area contributed by atoms with Crippen LogP contribution in [-0.2, 0) is 30.3 Å². The Hall–Kier alpha value is -2.94. The van der Waals surface area contributed by atoms with Gasteiger partial charge in [0, 0.05) is 17.4 Å². The maximum absolute atomic E-state index is 11.9. The molecule has 0 unspecified atom stereocenters. The van der Waals surface area contributed by atoms with Crippen LogP contribution >= 0.6 is 0 Å². The van der Waals surface area contributed by atoms with Crippen LogP contribution in [0.5, 0.6) is 0 Å². The molecule has 1 amide bonds. The van der Waals surface area contributed by atoms with E-state index in [4.69, 9.17) is 18.9 Å². The van der Waals surface area contributed by atoms with E-state index in [2.05, 4.69) is 15.3 Å².